The lowest BCUT2D eigenvalue weighted by Crippen LogP contribution is -2.45. The van der Waals surface area contributed by atoms with Gasteiger partial charge in [-0.3, -0.25) is 9.59 Å². The maximum absolute atomic E-state index is 12.5. The molecular weight excluding hydrogens is 461 g/mol. The molecular formula is C26H39Cl2NO4. The monoisotopic (exact) mass is 499 g/mol. The van der Waals surface area contributed by atoms with E-state index in [9.17, 15) is 14.4 Å². The number of amides is 1. The molecule has 1 aromatic rings. The highest BCUT2D eigenvalue weighted by molar-refractivity contribution is 6.69. The summed E-state index contributed by atoms with van der Waals surface area (Å²) in [5, 5.41) is 2.51. The molecule has 0 aliphatic heterocycles. The summed E-state index contributed by atoms with van der Waals surface area (Å²) in [6.45, 7) is 7.48. The second kappa shape index (κ2) is 14.6. The van der Waals surface area contributed by atoms with Crippen LogP contribution in [0.1, 0.15) is 102 Å². The highest BCUT2D eigenvalue weighted by atomic mass is 35.5. The van der Waals surface area contributed by atoms with Crippen molar-refractivity contribution in [1.82, 2.24) is 0 Å². The number of carbonyl (C=O) groups excluding carboxylic acids is 3. The number of ketones is 1. The van der Waals surface area contributed by atoms with Gasteiger partial charge in [-0.2, -0.15) is 0 Å². The first-order chi connectivity index (χ1) is 15.5. The van der Waals surface area contributed by atoms with E-state index in [1.165, 1.54) is 51.0 Å². The molecule has 0 radical (unpaired) electrons. The summed E-state index contributed by atoms with van der Waals surface area (Å²) >= 11 is 12.1. The van der Waals surface area contributed by atoms with E-state index >= 15 is 0 Å². The highest BCUT2D eigenvalue weighted by Crippen LogP contribution is 2.33. The molecule has 0 atom stereocenters. The average molecular weight is 501 g/mol. The Morgan fingerprint density at radius 3 is 1.97 bits per heavy atom. The molecule has 0 aromatic heterocycles. The lowest BCUT2D eigenvalue weighted by molar-refractivity contribution is -0.131. The summed E-state index contributed by atoms with van der Waals surface area (Å²) in [7, 11) is 0. The molecule has 0 heterocycles. The SMILES string of the molecule is CCCCCCCCCCCCOC(=O)c1cccc(NC(=O)C(Cl)(Cl)C(=O)C(C)(C)C)c1. The van der Waals surface area contributed by atoms with Crippen LogP contribution in [-0.2, 0) is 14.3 Å². The molecule has 1 amide bonds. The molecule has 33 heavy (non-hydrogen) atoms. The summed E-state index contributed by atoms with van der Waals surface area (Å²) in [6.07, 6.45) is 12.1. The molecule has 1 aromatic carbocycles. The van der Waals surface area contributed by atoms with E-state index < -0.39 is 27.4 Å². The van der Waals surface area contributed by atoms with Crippen molar-refractivity contribution in [3.05, 3.63) is 29.8 Å². The highest BCUT2D eigenvalue weighted by Gasteiger charge is 2.47. The van der Waals surface area contributed by atoms with Crippen molar-refractivity contribution in [1.29, 1.82) is 0 Å². The maximum atomic E-state index is 12.5. The van der Waals surface area contributed by atoms with E-state index in [0.717, 1.165) is 19.3 Å². The van der Waals surface area contributed by atoms with Gasteiger partial charge in [0.25, 0.3) is 10.2 Å². The van der Waals surface area contributed by atoms with Gasteiger partial charge >= 0.3 is 5.97 Å². The van der Waals surface area contributed by atoms with Crippen LogP contribution in [0.25, 0.3) is 0 Å². The fraction of sp³-hybridized carbons (Fsp3) is 0.654. The van der Waals surface area contributed by atoms with Crippen molar-refractivity contribution in [2.45, 2.75) is 96.2 Å². The van der Waals surface area contributed by atoms with Crippen molar-refractivity contribution in [3.8, 4) is 0 Å². The first-order valence-electron chi connectivity index (χ1n) is 12.0. The van der Waals surface area contributed by atoms with Gasteiger partial charge in [0.15, 0.2) is 5.78 Å². The number of ether oxygens (including phenoxy) is 1. The Hall–Kier alpha value is -1.59. The first kappa shape index (κ1) is 29.4. The molecule has 0 aliphatic rings. The summed E-state index contributed by atoms with van der Waals surface area (Å²) in [6, 6.07) is 6.28. The molecule has 1 N–H and O–H groups in total. The van der Waals surface area contributed by atoms with E-state index in [1.54, 1.807) is 39.0 Å². The van der Waals surface area contributed by atoms with Crippen LogP contribution < -0.4 is 5.32 Å². The molecule has 0 saturated carbocycles. The van der Waals surface area contributed by atoms with E-state index in [4.69, 9.17) is 27.9 Å². The topological polar surface area (TPSA) is 72.5 Å². The predicted octanol–water partition coefficient (Wildman–Crippen LogP) is 7.49. The average Bonchev–Trinajstić information content (AvgIpc) is 2.76. The third-order valence-electron chi connectivity index (χ3n) is 5.34. The van der Waals surface area contributed by atoms with Crippen molar-refractivity contribution in [2.75, 3.05) is 11.9 Å². The van der Waals surface area contributed by atoms with Gasteiger partial charge < -0.3 is 10.1 Å². The Bertz CT molecular complexity index is 772. The third-order valence-corrected chi connectivity index (χ3v) is 6.03. The number of Topliss-reactive ketones (excluding diaryl/α,β-unsaturated/α-hetero) is 1. The second-order valence-electron chi connectivity index (χ2n) is 9.51. The molecule has 0 aliphatic carbocycles. The van der Waals surface area contributed by atoms with Gasteiger partial charge in [0.1, 0.15) is 0 Å². The van der Waals surface area contributed by atoms with Crippen molar-refractivity contribution in [3.63, 3.8) is 0 Å². The zero-order valence-corrected chi connectivity index (χ0v) is 22.0. The Morgan fingerprint density at radius 2 is 1.42 bits per heavy atom. The van der Waals surface area contributed by atoms with Crippen molar-refractivity contribution < 1.29 is 19.1 Å². The molecule has 7 heteroatoms. The van der Waals surface area contributed by atoms with E-state index in [2.05, 4.69) is 12.2 Å². The van der Waals surface area contributed by atoms with Crippen LogP contribution in [0.5, 0.6) is 0 Å². The number of rotatable bonds is 15. The number of alkyl halides is 2. The quantitative estimate of drug-likeness (QED) is 0.117. The molecule has 0 unspecified atom stereocenters. The van der Waals surface area contributed by atoms with Crippen molar-refractivity contribution >= 4 is 46.5 Å². The number of hydrogen-bond acceptors (Lipinski definition) is 4. The van der Waals surface area contributed by atoms with Crippen LogP contribution in [0.3, 0.4) is 0 Å². The van der Waals surface area contributed by atoms with Crippen LogP contribution in [0.4, 0.5) is 5.69 Å². The van der Waals surface area contributed by atoms with Crippen LogP contribution in [0.2, 0.25) is 0 Å². The van der Waals surface area contributed by atoms with Gasteiger partial charge in [0.05, 0.1) is 12.2 Å². The normalized spacial score (nSPS) is 11.8. The Labute approximate surface area is 208 Å². The van der Waals surface area contributed by atoms with Gasteiger partial charge in [0, 0.05) is 11.1 Å². The minimum atomic E-state index is -2.23. The molecule has 0 spiro atoms. The fourth-order valence-electron chi connectivity index (χ4n) is 3.35. The van der Waals surface area contributed by atoms with Crippen LogP contribution in [0, 0.1) is 5.41 Å². The third kappa shape index (κ3) is 10.9. The summed E-state index contributed by atoms with van der Waals surface area (Å²) in [5.74, 6) is -1.93. The fourth-order valence-corrected chi connectivity index (χ4v) is 4.01. The van der Waals surface area contributed by atoms with Gasteiger partial charge in [-0.25, -0.2) is 4.79 Å². The predicted molar refractivity (Wildman–Crippen MR) is 136 cm³/mol. The molecule has 0 saturated heterocycles. The number of benzene rings is 1. The van der Waals surface area contributed by atoms with Gasteiger partial charge in [-0.15, -0.1) is 0 Å². The number of anilines is 1. The lowest BCUT2D eigenvalue weighted by Gasteiger charge is -2.25. The summed E-state index contributed by atoms with van der Waals surface area (Å²) < 4.78 is 3.12. The maximum Gasteiger partial charge on any atom is 0.338 e. The Kier molecular flexibility index (Phi) is 13.0. The molecule has 186 valence electrons. The molecule has 5 nitrogen and oxygen atoms in total. The summed E-state index contributed by atoms with van der Waals surface area (Å²) in [4.78, 5) is 37.2. The smallest absolute Gasteiger partial charge is 0.338 e. The minimum absolute atomic E-state index is 0.303. The Morgan fingerprint density at radius 1 is 0.879 bits per heavy atom. The number of halogens is 2. The van der Waals surface area contributed by atoms with Crippen LogP contribution >= 0.6 is 23.2 Å². The first-order valence-corrected chi connectivity index (χ1v) is 12.8. The van der Waals surface area contributed by atoms with Gasteiger partial charge in [-0.05, 0) is 24.6 Å². The van der Waals surface area contributed by atoms with Crippen LogP contribution in [0.15, 0.2) is 24.3 Å². The molecule has 1 rings (SSSR count). The lowest BCUT2D eigenvalue weighted by atomic mass is 9.88. The van der Waals surface area contributed by atoms with E-state index in [1.807, 2.05) is 0 Å². The number of unbranched alkanes of at least 4 members (excludes halogenated alkanes) is 9. The molecule has 0 bridgehead atoms. The molecule has 0 fully saturated rings. The zero-order valence-electron chi connectivity index (χ0n) is 20.5. The van der Waals surface area contributed by atoms with E-state index in [0.29, 0.717) is 17.9 Å². The van der Waals surface area contributed by atoms with Gasteiger partial charge in [-0.1, -0.05) is 115 Å². The number of nitrogens with one attached hydrogen (secondary N) is 1. The summed E-state index contributed by atoms with van der Waals surface area (Å²) in [5.41, 5.74) is -0.279. The number of hydrogen-bond donors (Lipinski definition) is 1. The van der Waals surface area contributed by atoms with Crippen molar-refractivity contribution in [2.24, 2.45) is 5.41 Å². The van der Waals surface area contributed by atoms with Gasteiger partial charge in [0.2, 0.25) is 0 Å². The largest absolute Gasteiger partial charge is 0.462 e. The number of carbonyl (C=O) groups is 3. The second-order valence-corrected chi connectivity index (χ2v) is 10.8. The van der Waals surface area contributed by atoms with Crippen LogP contribution in [-0.4, -0.2) is 28.6 Å². The standard InChI is InChI=1S/C26H39Cl2NO4/c1-5-6-7-8-9-10-11-12-13-14-18-33-22(30)20-16-15-17-21(19-20)29-24(32)26(27,28)23(31)25(2,3)4/h15-17,19H,5-14,18H2,1-4H3,(H,29,32). The Balaban J connectivity index is 2.41. The van der Waals surface area contributed by atoms with E-state index in [-0.39, 0.29) is 0 Å². The minimum Gasteiger partial charge on any atom is -0.462 e. The zero-order chi connectivity index (χ0) is 24.9. The number of esters is 1.